The Kier molecular flexibility index (Phi) is 3.34. The molecule has 0 aliphatic heterocycles. The van der Waals surface area contributed by atoms with Crippen LogP contribution in [-0.4, -0.2) is 22.1 Å². The molecular weight excluding hydrogens is 222 g/mol. The third-order valence-electron chi connectivity index (χ3n) is 2.01. The number of H-pyrrole nitrogens is 1. The summed E-state index contributed by atoms with van der Waals surface area (Å²) < 4.78 is 10.1. The molecule has 0 aliphatic rings. The summed E-state index contributed by atoms with van der Waals surface area (Å²) >= 11 is 0. The van der Waals surface area contributed by atoms with Crippen LogP contribution >= 0.6 is 0 Å². The summed E-state index contributed by atoms with van der Waals surface area (Å²) in [6, 6.07) is 9.62. The third-order valence-corrected chi connectivity index (χ3v) is 2.01. The predicted molar refractivity (Wildman–Crippen MR) is 60.0 cm³/mol. The second-order valence-electron chi connectivity index (χ2n) is 3.22. The molecule has 0 fully saturated rings. The summed E-state index contributed by atoms with van der Waals surface area (Å²) in [6.45, 7) is 0.316. The number of ether oxygens (including phenoxy) is 2. The van der Waals surface area contributed by atoms with Gasteiger partial charge in [-0.05, 0) is 5.56 Å². The molecule has 0 atom stereocenters. The minimum absolute atomic E-state index is 0.0168. The SMILES string of the molecule is COc1nc(OCc2ccccc2)[nH]c(=O)n1. The smallest absolute Gasteiger partial charge is 0.353 e. The Morgan fingerprint density at radius 1 is 1.24 bits per heavy atom. The zero-order valence-corrected chi connectivity index (χ0v) is 9.21. The highest BCUT2D eigenvalue weighted by Crippen LogP contribution is 2.06. The third kappa shape index (κ3) is 3.04. The molecule has 0 spiro atoms. The van der Waals surface area contributed by atoms with Crippen molar-refractivity contribution < 1.29 is 9.47 Å². The van der Waals surface area contributed by atoms with Crippen LogP contribution in [0, 0.1) is 0 Å². The van der Waals surface area contributed by atoms with E-state index in [0.29, 0.717) is 6.61 Å². The normalized spacial score (nSPS) is 9.94. The highest BCUT2D eigenvalue weighted by atomic mass is 16.5. The Morgan fingerprint density at radius 2 is 2.00 bits per heavy atom. The summed E-state index contributed by atoms with van der Waals surface area (Å²) in [5, 5.41) is 0. The standard InChI is InChI=1S/C11H11N3O3/c1-16-10-12-9(15)13-11(14-10)17-7-8-5-3-2-4-6-8/h2-6H,7H2,1H3,(H,12,13,14,15). The van der Waals surface area contributed by atoms with Gasteiger partial charge in [0.25, 0.3) is 0 Å². The number of nitrogens with zero attached hydrogens (tertiary/aromatic N) is 2. The lowest BCUT2D eigenvalue weighted by atomic mass is 10.2. The molecule has 0 saturated heterocycles. The molecular formula is C11H11N3O3. The van der Waals surface area contributed by atoms with Crippen molar-refractivity contribution in [3.63, 3.8) is 0 Å². The van der Waals surface area contributed by atoms with Gasteiger partial charge in [-0.15, -0.1) is 9.97 Å². The van der Waals surface area contributed by atoms with Crippen LogP contribution < -0.4 is 15.2 Å². The number of hydrogen-bond donors (Lipinski definition) is 1. The van der Waals surface area contributed by atoms with Gasteiger partial charge in [-0.1, -0.05) is 30.3 Å². The quantitative estimate of drug-likeness (QED) is 0.843. The first-order chi connectivity index (χ1) is 8.28. The average molecular weight is 233 g/mol. The first kappa shape index (κ1) is 11.1. The molecule has 2 aromatic rings. The fraction of sp³-hybridized carbons (Fsp3) is 0.182. The first-order valence-corrected chi connectivity index (χ1v) is 4.97. The second kappa shape index (κ2) is 5.11. The van der Waals surface area contributed by atoms with Crippen molar-refractivity contribution in [1.29, 1.82) is 0 Å². The average Bonchev–Trinajstić information content (AvgIpc) is 2.37. The molecule has 0 radical (unpaired) electrons. The van der Waals surface area contributed by atoms with E-state index >= 15 is 0 Å². The van der Waals surface area contributed by atoms with Crippen LogP contribution in [-0.2, 0) is 6.61 Å². The molecule has 0 saturated carbocycles. The van der Waals surface area contributed by atoms with E-state index in [-0.39, 0.29) is 12.0 Å². The Hall–Kier alpha value is -2.37. The van der Waals surface area contributed by atoms with Gasteiger partial charge in [0.2, 0.25) is 0 Å². The zero-order valence-electron chi connectivity index (χ0n) is 9.21. The fourth-order valence-corrected chi connectivity index (χ4v) is 1.23. The van der Waals surface area contributed by atoms with Crippen LogP contribution in [0.1, 0.15) is 5.56 Å². The number of benzene rings is 1. The molecule has 1 N–H and O–H groups in total. The van der Waals surface area contributed by atoms with Crippen molar-refractivity contribution in [3.05, 3.63) is 46.4 Å². The minimum Gasteiger partial charge on any atom is -0.467 e. The summed E-state index contributed by atoms with van der Waals surface area (Å²) in [5.74, 6) is 0. The van der Waals surface area contributed by atoms with Crippen LogP contribution in [0.25, 0.3) is 0 Å². The zero-order chi connectivity index (χ0) is 12.1. The molecule has 1 aromatic carbocycles. The molecule has 0 unspecified atom stereocenters. The number of aromatic amines is 1. The summed E-state index contributed by atoms with van der Waals surface area (Å²) in [7, 11) is 1.38. The minimum atomic E-state index is -0.556. The molecule has 2 rings (SSSR count). The molecule has 6 nitrogen and oxygen atoms in total. The van der Waals surface area contributed by atoms with Gasteiger partial charge in [0.05, 0.1) is 7.11 Å². The van der Waals surface area contributed by atoms with Gasteiger partial charge >= 0.3 is 17.7 Å². The van der Waals surface area contributed by atoms with Gasteiger partial charge in [0.15, 0.2) is 0 Å². The van der Waals surface area contributed by atoms with Crippen molar-refractivity contribution in [2.45, 2.75) is 6.61 Å². The Morgan fingerprint density at radius 3 is 2.71 bits per heavy atom. The van der Waals surface area contributed by atoms with Gasteiger partial charge in [-0.2, -0.15) is 0 Å². The van der Waals surface area contributed by atoms with Crippen molar-refractivity contribution >= 4 is 0 Å². The summed E-state index contributed by atoms with van der Waals surface area (Å²) in [5.41, 5.74) is 0.422. The Balaban J connectivity index is 2.09. The maximum absolute atomic E-state index is 11.1. The molecule has 0 aliphatic carbocycles. The van der Waals surface area contributed by atoms with Gasteiger partial charge < -0.3 is 9.47 Å². The van der Waals surface area contributed by atoms with Crippen LogP contribution in [0.15, 0.2) is 35.1 Å². The fourth-order valence-electron chi connectivity index (χ4n) is 1.23. The van der Waals surface area contributed by atoms with Gasteiger partial charge in [-0.25, -0.2) is 4.79 Å². The molecule has 1 heterocycles. The van der Waals surface area contributed by atoms with E-state index in [0.717, 1.165) is 5.56 Å². The van der Waals surface area contributed by atoms with Crippen molar-refractivity contribution in [3.8, 4) is 12.0 Å². The molecule has 0 amide bonds. The van der Waals surface area contributed by atoms with Gasteiger partial charge in [0, 0.05) is 0 Å². The lowest BCUT2D eigenvalue weighted by molar-refractivity contribution is 0.268. The van der Waals surface area contributed by atoms with E-state index in [4.69, 9.17) is 9.47 Å². The van der Waals surface area contributed by atoms with E-state index in [2.05, 4.69) is 15.0 Å². The predicted octanol–water partition coefficient (Wildman–Crippen LogP) is 0.752. The van der Waals surface area contributed by atoms with Crippen LogP contribution in [0.4, 0.5) is 0 Å². The van der Waals surface area contributed by atoms with Gasteiger partial charge in [0.1, 0.15) is 6.61 Å². The van der Waals surface area contributed by atoms with Crippen molar-refractivity contribution in [1.82, 2.24) is 15.0 Å². The van der Waals surface area contributed by atoms with E-state index in [9.17, 15) is 4.79 Å². The monoisotopic (exact) mass is 233 g/mol. The Bertz CT molecular complexity index is 539. The van der Waals surface area contributed by atoms with Crippen LogP contribution in [0.2, 0.25) is 0 Å². The van der Waals surface area contributed by atoms with Gasteiger partial charge in [-0.3, -0.25) is 4.98 Å². The highest BCUT2D eigenvalue weighted by Gasteiger charge is 2.03. The molecule has 1 aromatic heterocycles. The number of rotatable bonds is 4. The number of methoxy groups -OCH3 is 1. The molecule has 88 valence electrons. The number of nitrogens with one attached hydrogen (secondary N) is 1. The summed E-state index contributed by atoms with van der Waals surface area (Å²) in [4.78, 5) is 20.8. The molecule has 6 heteroatoms. The van der Waals surface area contributed by atoms with E-state index in [1.807, 2.05) is 30.3 Å². The van der Waals surface area contributed by atoms with E-state index in [1.54, 1.807) is 0 Å². The van der Waals surface area contributed by atoms with E-state index in [1.165, 1.54) is 7.11 Å². The second-order valence-corrected chi connectivity index (χ2v) is 3.22. The summed E-state index contributed by atoms with van der Waals surface area (Å²) in [6.07, 6.45) is 0. The van der Waals surface area contributed by atoms with E-state index < -0.39 is 5.69 Å². The topological polar surface area (TPSA) is 77.1 Å². The van der Waals surface area contributed by atoms with Crippen molar-refractivity contribution in [2.24, 2.45) is 0 Å². The molecule has 17 heavy (non-hydrogen) atoms. The van der Waals surface area contributed by atoms with Crippen LogP contribution in [0.5, 0.6) is 12.0 Å². The number of aromatic nitrogens is 3. The maximum atomic E-state index is 11.1. The lowest BCUT2D eigenvalue weighted by Gasteiger charge is -2.05. The molecule has 0 bridgehead atoms. The van der Waals surface area contributed by atoms with Crippen LogP contribution in [0.3, 0.4) is 0 Å². The lowest BCUT2D eigenvalue weighted by Crippen LogP contribution is -2.15. The number of hydrogen-bond acceptors (Lipinski definition) is 5. The highest BCUT2D eigenvalue weighted by molar-refractivity contribution is 5.14. The van der Waals surface area contributed by atoms with Crippen molar-refractivity contribution in [2.75, 3.05) is 7.11 Å². The Labute approximate surface area is 97.3 Å². The first-order valence-electron chi connectivity index (χ1n) is 4.97. The maximum Gasteiger partial charge on any atom is 0.353 e. The largest absolute Gasteiger partial charge is 0.467 e.